The minimum Gasteiger partial charge on any atom is -0.394 e. The van der Waals surface area contributed by atoms with Crippen LogP contribution in [0.25, 0.3) is 0 Å². The zero-order valence-electron chi connectivity index (χ0n) is 20.3. The molecule has 188 valence electrons. The first kappa shape index (κ1) is 32.6. The minimum atomic E-state index is -0.731. The summed E-state index contributed by atoms with van der Waals surface area (Å²) in [7, 11) is 0. The second-order valence-electron chi connectivity index (χ2n) is 8.69. The van der Waals surface area contributed by atoms with Crippen LogP contribution in [-0.4, -0.2) is 58.2 Å². The molecule has 6 heteroatoms. The van der Waals surface area contributed by atoms with E-state index in [4.69, 9.17) is 21.1 Å². The quantitative estimate of drug-likeness (QED) is 0.158. The fraction of sp³-hybridized carbons (Fsp3) is 0.960. The summed E-state index contributed by atoms with van der Waals surface area (Å²) < 4.78 is 0. The summed E-state index contributed by atoms with van der Waals surface area (Å²) in [6.07, 6.45) is 20.0. The van der Waals surface area contributed by atoms with Gasteiger partial charge in [-0.05, 0) is 12.8 Å². The molecule has 31 heavy (non-hydrogen) atoms. The fourth-order valence-corrected chi connectivity index (χ4v) is 3.31. The van der Waals surface area contributed by atoms with Crippen molar-refractivity contribution in [3.05, 3.63) is 0 Å². The average Bonchev–Trinajstić information content (AvgIpc) is 2.79. The van der Waals surface area contributed by atoms with E-state index in [1.807, 2.05) is 0 Å². The summed E-state index contributed by atoms with van der Waals surface area (Å²) in [5, 5.41) is 34.2. The summed E-state index contributed by atoms with van der Waals surface area (Å²) in [5.74, 6) is 0.224. The third kappa shape index (κ3) is 29.5. The van der Waals surface area contributed by atoms with Crippen LogP contribution in [0.2, 0.25) is 0 Å². The number of Topliss-reactive ketones (excluding diaryl/α,β-unsaturated/α-hetero) is 1. The molecular formula is C25H53NO5. The number of nitrogens with two attached hydrogens (primary N) is 1. The number of carbonyl (C=O) groups is 1. The Labute approximate surface area is 191 Å². The van der Waals surface area contributed by atoms with Crippen molar-refractivity contribution in [2.24, 2.45) is 5.73 Å². The molecule has 0 aromatic carbocycles. The zero-order chi connectivity index (χ0) is 23.6. The van der Waals surface area contributed by atoms with E-state index in [1.54, 1.807) is 0 Å². The summed E-state index contributed by atoms with van der Waals surface area (Å²) in [5.41, 5.74) is 4.87. The maximum absolute atomic E-state index is 11.6. The van der Waals surface area contributed by atoms with Gasteiger partial charge in [-0.2, -0.15) is 0 Å². The van der Waals surface area contributed by atoms with Crippen LogP contribution in [0.15, 0.2) is 0 Å². The molecule has 0 fully saturated rings. The zero-order valence-corrected chi connectivity index (χ0v) is 20.3. The third-order valence-corrected chi connectivity index (χ3v) is 5.51. The Hall–Kier alpha value is -0.530. The van der Waals surface area contributed by atoms with Gasteiger partial charge in [0.05, 0.1) is 25.4 Å². The summed E-state index contributed by atoms with van der Waals surface area (Å²) in [4.78, 5) is 11.6. The predicted octanol–water partition coefficient (Wildman–Crippen LogP) is 4.25. The second kappa shape index (κ2) is 27.5. The van der Waals surface area contributed by atoms with Crippen molar-refractivity contribution in [1.82, 2.24) is 0 Å². The first-order valence-electron chi connectivity index (χ1n) is 12.8. The highest BCUT2D eigenvalue weighted by molar-refractivity contribution is 5.78. The molecule has 2 atom stereocenters. The van der Waals surface area contributed by atoms with E-state index in [0.717, 1.165) is 12.8 Å². The molecule has 6 nitrogen and oxygen atoms in total. The molecule has 0 aliphatic carbocycles. The molecule has 0 spiro atoms. The van der Waals surface area contributed by atoms with Crippen molar-refractivity contribution in [3.63, 3.8) is 0 Å². The molecule has 6 N–H and O–H groups in total. The van der Waals surface area contributed by atoms with Crippen molar-refractivity contribution < 1.29 is 25.2 Å². The predicted molar refractivity (Wildman–Crippen MR) is 129 cm³/mol. The molecule has 0 aliphatic heterocycles. The van der Waals surface area contributed by atoms with Gasteiger partial charge in [0.15, 0.2) is 0 Å². The Bertz CT molecular complexity index is 351. The van der Waals surface area contributed by atoms with Crippen LogP contribution in [0, 0.1) is 0 Å². The Morgan fingerprint density at radius 3 is 1.35 bits per heavy atom. The van der Waals surface area contributed by atoms with Gasteiger partial charge in [-0.3, -0.25) is 4.79 Å². The Morgan fingerprint density at radius 1 is 0.645 bits per heavy atom. The summed E-state index contributed by atoms with van der Waals surface area (Å²) in [6, 6.07) is 0. The van der Waals surface area contributed by atoms with Crippen LogP contribution < -0.4 is 5.73 Å². The van der Waals surface area contributed by atoms with Gasteiger partial charge in [0.2, 0.25) is 0 Å². The molecular weight excluding hydrogens is 394 g/mol. The van der Waals surface area contributed by atoms with Gasteiger partial charge in [-0.1, -0.05) is 96.8 Å². The standard InChI is InChI=1S/C22H44O3.C3H9NO2/c1-2-3-4-5-6-7-8-9-10-11-12-13-14-15-16-17-21(24)18-19-22(25)20-23;4-1-3(6)2-5/h22-23,25H,2-20H2,1H3;3,5-6H,1-2,4H2/t22-;3-/m11/s1. The first-order valence-corrected chi connectivity index (χ1v) is 12.8. The van der Waals surface area contributed by atoms with Gasteiger partial charge in [0.25, 0.3) is 0 Å². The number of aliphatic hydroxyl groups is 4. The van der Waals surface area contributed by atoms with Crippen molar-refractivity contribution in [2.75, 3.05) is 19.8 Å². The second-order valence-corrected chi connectivity index (χ2v) is 8.69. The van der Waals surface area contributed by atoms with Gasteiger partial charge in [-0.15, -0.1) is 0 Å². The highest BCUT2D eigenvalue weighted by Crippen LogP contribution is 2.14. The van der Waals surface area contributed by atoms with E-state index >= 15 is 0 Å². The number of carbonyl (C=O) groups excluding carboxylic acids is 1. The van der Waals surface area contributed by atoms with Crippen LogP contribution >= 0.6 is 0 Å². The Kier molecular flexibility index (Phi) is 29.0. The smallest absolute Gasteiger partial charge is 0.133 e. The molecule has 0 radical (unpaired) electrons. The van der Waals surface area contributed by atoms with Crippen molar-refractivity contribution >= 4 is 5.78 Å². The Balaban J connectivity index is 0. The molecule has 0 aromatic heterocycles. The first-order chi connectivity index (χ1) is 15.0. The highest BCUT2D eigenvalue weighted by Gasteiger charge is 2.06. The van der Waals surface area contributed by atoms with Gasteiger partial charge in [0.1, 0.15) is 5.78 Å². The summed E-state index contributed by atoms with van der Waals surface area (Å²) >= 11 is 0. The molecule has 0 bridgehead atoms. The molecule has 0 aromatic rings. The van der Waals surface area contributed by atoms with E-state index < -0.39 is 12.2 Å². The third-order valence-electron chi connectivity index (χ3n) is 5.51. The minimum absolute atomic E-state index is 0.135. The van der Waals surface area contributed by atoms with Crippen molar-refractivity contribution in [3.8, 4) is 0 Å². The highest BCUT2D eigenvalue weighted by atomic mass is 16.3. The van der Waals surface area contributed by atoms with Gasteiger partial charge in [0, 0.05) is 19.4 Å². The van der Waals surface area contributed by atoms with Crippen LogP contribution in [0.1, 0.15) is 122 Å². The van der Waals surface area contributed by atoms with Gasteiger partial charge >= 0.3 is 0 Å². The van der Waals surface area contributed by atoms with Crippen LogP contribution in [0.3, 0.4) is 0 Å². The van der Waals surface area contributed by atoms with E-state index in [-0.39, 0.29) is 25.5 Å². The van der Waals surface area contributed by atoms with E-state index in [9.17, 15) is 9.90 Å². The number of hydrogen-bond acceptors (Lipinski definition) is 6. The average molecular weight is 448 g/mol. The SMILES string of the molecule is CCCCCCCCCCCCCCCCCC(=O)CC[C@@H](O)CO.NC[C@@H](O)CO. The molecule has 0 rings (SSSR count). The normalized spacial score (nSPS) is 12.8. The number of aliphatic hydroxyl groups excluding tert-OH is 4. The molecule has 0 saturated carbocycles. The molecule has 0 aliphatic rings. The lowest BCUT2D eigenvalue weighted by molar-refractivity contribution is -0.119. The van der Waals surface area contributed by atoms with Crippen LogP contribution in [-0.2, 0) is 4.79 Å². The fourth-order valence-electron chi connectivity index (χ4n) is 3.31. The Morgan fingerprint density at radius 2 is 1.03 bits per heavy atom. The lowest BCUT2D eigenvalue weighted by Gasteiger charge is -2.06. The lowest BCUT2D eigenvalue weighted by Crippen LogP contribution is -2.22. The number of unbranched alkanes of at least 4 members (excludes halogenated alkanes) is 14. The van der Waals surface area contributed by atoms with Crippen LogP contribution in [0.4, 0.5) is 0 Å². The molecule has 0 saturated heterocycles. The number of hydrogen-bond donors (Lipinski definition) is 5. The maximum atomic E-state index is 11.6. The van der Waals surface area contributed by atoms with Gasteiger partial charge < -0.3 is 26.2 Å². The van der Waals surface area contributed by atoms with E-state index in [0.29, 0.717) is 19.3 Å². The summed E-state index contributed by atoms with van der Waals surface area (Å²) in [6.45, 7) is 1.92. The molecule has 0 heterocycles. The van der Waals surface area contributed by atoms with E-state index in [2.05, 4.69) is 6.92 Å². The number of rotatable bonds is 22. The topological polar surface area (TPSA) is 124 Å². The van der Waals surface area contributed by atoms with Crippen molar-refractivity contribution in [2.45, 2.75) is 135 Å². The molecule has 0 amide bonds. The maximum Gasteiger partial charge on any atom is 0.133 e. The largest absolute Gasteiger partial charge is 0.394 e. The monoisotopic (exact) mass is 447 g/mol. The van der Waals surface area contributed by atoms with E-state index in [1.165, 1.54) is 83.5 Å². The molecule has 0 unspecified atom stereocenters. The van der Waals surface area contributed by atoms with Crippen molar-refractivity contribution in [1.29, 1.82) is 0 Å². The number of ketones is 1. The lowest BCUT2D eigenvalue weighted by atomic mass is 10.0. The van der Waals surface area contributed by atoms with Gasteiger partial charge in [-0.25, -0.2) is 0 Å². The van der Waals surface area contributed by atoms with Crippen LogP contribution in [0.5, 0.6) is 0 Å².